The number of pyridine rings is 1. The number of benzene rings is 1. The van der Waals surface area contributed by atoms with Crippen LogP contribution >= 0.6 is 0 Å². The zero-order valence-corrected chi connectivity index (χ0v) is 10.9. The second-order valence-corrected chi connectivity index (χ2v) is 5.13. The van der Waals surface area contributed by atoms with E-state index in [2.05, 4.69) is 10.3 Å². The Morgan fingerprint density at radius 3 is 2.67 bits per heavy atom. The van der Waals surface area contributed by atoms with Crippen molar-refractivity contribution in [2.45, 2.75) is 32.4 Å². The minimum Gasteiger partial charge on any atom is -0.396 e. The van der Waals surface area contributed by atoms with Crippen LogP contribution in [0.3, 0.4) is 0 Å². The number of aliphatic hydroxyl groups excluding tert-OH is 1. The summed E-state index contributed by atoms with van der Waals surface area (Å²) in [4.78, 5) is 4.29. The van der Waals surface area contributed by atoms with Crippen LogP contribution in [0.1, 0.15) is 20.8 Å². The highest BCUT2D eigenvalue weighted by Crippen LogP contribution is 2.30. The quantitative estimate of drug-likeness (QED) is 0.776. The lowest BCUT2D eigenvalue weighted by atomic mass is 9.97. The predicted octanol–water partition coefficient (Wildman–Crippen LogP) is 2.39. The molecule has 0 radical (unpaired) electrons. The van der Waals surface area contributed by atoms with Crippen molar-refractivity contribution in [2.75, 3.05) is 11.1 Å². The third-order valence-electron chi connectivity index (χ3n) is 3.30. The molecule has 1 heterocycles. The maximum atomic E-state index is 9.79. The van der Waals surface area contributed by atoms with Crippen molar-refractivity contribution in [2.24, 2.45) is 0 Å². The fourth-order valence-electron chi connectivity index (χ4n) is 1.72. The van der Waals surface area contributed by atoms with Gasteiger partial charge in [0.05, 0.1) is 34.7 Å². The van der Waals surface area contributed by atoms with Gasteiger partial charge in [0.2, 0.25) is 0 Å². The minimum atomic E-state index is -0.496. The molecular formula is C14H19N3O. The van der Waals surface area contributed by atoms with Crippen molar-refractivity contribution >= 4 is 22.3 Å². The van der Waals surface area contributed by atoms with Gasteiger partial charge in [0.1, 0.15) is 0 Å². The average Bonchev–Trinajstić information content (AvgIpc) is 2.32. The largest absolute Gasteiger partial charge is 0.396 e. The molecule has 0 aliphatic heterocycles. The van der Waals surface area contributed by atoms with Crippen molar-refractivity contribution in [3.05, 3.63) is 30.5 Å². The van der Waals surface area contributed by atoms with Crippen LogP contribution in [0, 0.1) is 0 Å². The monoisotopic (exact) mass is 245 g/mol. The molecule has 4 heteroatoms. The van der Waals surface area contributed by atoms with Gasteiger partial charge in [-0.3, -0.25) is 4.98 Å². The van der Waals surface area contributed by atoms with E-state index < -0.39 is 11.6 Å². The van der Waals surface area contributed by atoms with Crippen molar-refractivity contribution in [1.82, 2.24) is 4.98 Å². The molecule has 0 spiro atoms. The number of aliphatic hydroxyl groups is 1. The summed E-state index contributed by atoms with van der Waals surface area (Å²) < 4.78 is 0. The third kappa shape index (κ3) is 2.24. The Labute approximate surface area is 107 Å². The molecule has 4 N–H and O–H groups in total. The van der Waals surface area contributed by atoms with E-state index >= 15 is 0 Å². The second-order valence-electron chi connectivity index (χ2n) is 5.13. The Kier molecular flexibility index (Phi) is 3.13. The first kappa shape index (κ1) is 12.6. The molecule has 4 nitrogen and oxygen atoms in total. The van der Waals surface area contributed by atoms with E-state index in [9.17, 15) is 5.11 Å². The fourth-order valence-corrected chi connectivity index (χ4v) is 1.72. The van der Waals surface area contributed by atoms with Gasteiger partial charge in [0.25, 0.3) is 0 Å². The first-order chi connectivity index (χ1) is 8.42. The Morgan fingerprint density at radius 1 is 1.33 bits per heavy atom. The molecule has 2 rings (SSSR count). The molecule has 0 aliphatic carbocycles. The highest BCUT2D eigenvalue weighted by molar-refractivity contribution is 5.97. The van der Waals surface area contributed by atoms with E-state index in [1.807, 2.05) is 38.1 Å². The van der Waals surface area contributed by atoms with Crippen LogP contribution < -0.4 is 11.1 Å². The maximum Gasteiger partial charge on any atom is 0.0743 e. The van der Waals surface area contributed by atoms with E-state index in [1.165, 1.54) is 0 Å². The molecule has 96 valence electrons. The van der Waals surface area contributed by atoms with Gasteiger partial charge in [-0.2, -0.15) is 0 Å². The standard InChI is InChI=1S/C14H19N3O/c1-9(18)14(2,3)17-13-10-6-4-5-7-12(10)16-8-11(13)15/h4-9,18H,15H2,1-3H3,(H,16,17). The number of anilines is 2. The number of para-hydroxylation sites is 1. The van der Waals surface area contributed by atoms with Crippen LogP contribution in [0.25, 0.3) is 10.9 Å². The highest BCUT2D eigenvalue weighted by Gasteiger charge is 2.25. The summed E-state index contributed by atoms with van der Waals surface area (Å²) in [7, 11) is 0. The Bertz CT molecular complexity index is 564. The lowest BCUT2D eigenvalue weighted by Gasteiger charge is -2.31. The highest BCUT2D eigenvalue weighted by atomic mass is 16.3. The van der Waals surface area contributed by atoms with Crippen LogP contribution in [-0.4, -0.2) is 21.7 Å². The summed E-state index contributed by atoms with van der Waals surface area (Å²) >= 11 is 0. The van der Waals surface area contributed by atoms with Gasteiger partial charge in [-0.15, -0.1) is 0 Å². The van der Waals surface area contributed by atoms with Crippen LogP contribution in [0.15, 0.2) is 30.5 Å². The van der Waals surface area contributed by atoms with Crippen LogP contribution in [-0.2, 0) is 0 Å². The molecule has 0 aliphatic rings. The van der Waals surface area contributed by atoms with Gasteiger partial charge in [-0.1, -0.05) is 18.2 Å². The number of aromatic nitrogens is 1. The molecule has 0 saturated carbocycles. The summed E-state index contributed by atoms with van der Waals surface area (Å²) in [6.45, 7) is 5.63. The molecule has 1 aromatic heterocycles. The number of nitrogens with zero attached hydrogens (tertiary/aromatic N) is 1. The number of hydrogen-bond donors (Lipinski definition) is 3. The molecule has 0 saturated heterocycles. The topological polar surface area (TPSA) is 71.2 Å². The molecule has 1 aromatic carbocycles. The SMILES string of the molecule is CC(O)C(C)(C)Nc1c(N)cnc2ccccc12. The summed E-state index contributed by atoms with van der Waals surface area (Å²) in [5.41, 5.74) is 7.82. The summed E-state index contributed by atoms with van der Waals surface area (Å²) in [5.74, 6) is 0. The predicted molar refractivity (Wildman–Crippen MR) is 75.5 cm³/mol. The molecule has 0 amide bonds. The van der Waals surface area contributed by atoms with Gasteiger partial charge >= 0.3 is 0 Å². The van der Waals surface area contributed by atoms with Crippen molar-refractivity contribution in [3.8, 4) is 0 Å². The number of fused-ring (bicyclic) bond motifs is 1. The summed E-state index contributed by atoms with van der Waals surface area (Å²) in [6, 6.07) is 7.80. The molecule has 18 heavy (non-hydrogen) atoms. The van der Waals surface area contributed by atoms with E-state index in [0.29, 0.717) is 5.69 Å². The molecule has 2 aromatic rings. The number of nitrogens with one attached hydrogen (secondary N) is 1. The first-order valence-electron chi connectivity index (χ1n) is 6.01. The van der Waals surface area contributed by atoms with Crippen LogP contribution in [0.4, 0.5) is 11.4 Å². The van der Waals surface area contributed by atoms with E-state index in [-0.39, 0.29) is 0 Å². The molecule has 0 fully saturated rings. The lowest BCUT2D eigenvalue weighted by Crippen LogP contribution is -2.42. The summed E-state index contributed by atoms with van der Waals surface area (Å²) in [5, 5.41) is 14.1. The number of nitrogens with two attached hydrogens (primary N) is 1. The average molecular weight is 245 g/mol. The van der Waals surface area contributed by atoms with Gasteiger partial charge in [-0.05, 0) is 26.8 Å². The van der Waals surface area contributed by atoms with Crippen molar-refractivity contribution < 1.29 is 5.11 Å². The number of rotatable bonds is 3. The second kappa shape index (κ2) is 4.46. The first-order valence-corrected chi connectivity index (χ1v) is 6.01. The number of nitrogen functional groups attached to an aromatic ring is 1. The number of hydrogen-bond acceptors (Lipinski definition) is 4. The van der Waals surface area contributed by atoms with Gasteiger partial charge in [0.15, 0.2) is 0 Å². The fraction of sp³-hybridized carbons (Fsp3) is 0.357. The van der Waals surface area contributed by atoms with Gasteiger partial charge < -0.3 is 16.2 Å². The Morgan fingerprint density at radius 2 is 2.00 bits per heavy atom. The maximum absolute atomic E-state index is 9.79. The van der Waals surface area contributed by atoms with Crippen LogP contribution in [0.5, 0.6) is 0 Å². The smallest absolute Gasteiger partial charge is 0.0743 e. The molecular weight excluding hydrogens is 226 g/mol. The normalized spacial score (nSPS) is 13.6. The Hall–Kier alpha value is -1.81. The summed E-state index contributed by atoms with van der Waals surface area (Å²) in [6.07, 6.45) is 1.15. The van der Waals surface area contributed by atoms with E-state index in [1.54, 1.807) is 13.1 Å². The zero-order valence-electron chi connectivity index (χ0n) is 10.9. The van der Waals surface area contributed by atoms with Crippen molar-refractivity contribution in [1.29, 1.82) is 0 Å². The van der Waals surface area contributed by atoms with Crippen molar-refractivity contribution in [3.63, 3.8) is 0 Å². The molecule has 1 atom stereocenters. The van der Waals surface area contributed by atoms with Crippen LogP contribution in [0.2, 0.25) is 0 Å². The molecule has 1 unspecified atom stereocenters. The van der Waals surface area contributed by atoms with Gasteiger partial charge in [0, 0.05) is 5.39 Å². The lowest BCUT2D eigenvalue weighted by molar-refractivity contribution is 0.133. The molecule has 0 bridgehead atoms. The van der Waals surface area contributed by atoms with E-state index in [0.717, 1.165) is 16.6 Å². The third-order valence-corrected chi connectivity index (χ3v) is 3.30. The Balaban J connectivity index is 2.53. The minimum absolute atomic E-state index is 0.460. The van der Waals surface area contributed by atoms with Gasteiger partial charge in [-0.25, -0.2) is 0 Å². The van der Waals surface area contributed by atoms with E-state index in [4.69, 9.17) is 5.73 Å². The zero-order chi connectivity index (χ0) is 13.3.